The molecular formula is C18H23N3O2. The molecule has 1 aliphatic rings. The van der Waals surface area contributed by atoms with Crippen molar-refractivity contribution in [2.75, 3.05) is 13.1 Å². The van der Waals surface area contributed by atoms with E-state index in [1.807, 2.05) is 42.2 Å². The van der Waals surface area contributed by atoms with Gasteiger partial charge in [-0.1, -0.05) is 18.2 Å². The van der Waals surface area contributed by atoms with E-state index >= 15 is 0 Å². The summed E-state index contributed by atoms with van der Waals surface area (Å²) in [6.07, 6.45) is 3.84. The number of rotatable bonds is 4. The number of likely N-dealkylation sites (tertiary alicyclic amines) is 1. The van der Waals surface area contributed by atoms with E-state index in [1.165, 1.54) is 0 Å². The molecule has 1 atom stereocenters. The van der Waals surface area contributed by atoms with Crippen molar-refractivity contribution in [1.82, 2.24) is 9.88 Å². The molecule has 0 bridgehead atoms. The fourth-order valence-corrected chi connectivity index (χ4v) is 3.04. The topological polar surface area (TPSA) is 72.4 Å². The molecule has 0 unspecified atom stereocenters. The van der Waals surface area contributed by atoms with Gasteiger partial charge in [0, 0.05) is 24.7 Å². The van der Waals surface area contributed by atoms with Crippen molar-refractivity contribution >= 4 is 5.91 Å². The van der Waals surface area contributed by atoms with Crippen molar-refractivity contribution < 1.29 is 9.21 Å². The third-order valence-corrected chi connectivity index (χ3v) is 4.54. The molecule has 1 saturated heterocycles. The van der Waals surface area contributed by atoms with Crippen molar-refractivity contribution in [3.8, 4) is 11.5 Å². The first-order valence-corrected chi connectivity index (χ1v) is 8.16. The molecule has 0 spiro atoms. The summed E-state index contributed by atoms with van der Waals surface area (Å²) in [6.45, 7) is 3.62. The van der Waals surface area contributed by atoms with E-state index in [2.05, 4.69) is 4.98 Å². The third-order valence-electron chi connectivity index (χ3n) is 4.54. The van der Waals surface area contributed by atoms with Gasteiger partial charge in [-0.05, 0) is 37.8 Å². The number of carbonyl (C=O) groups is 1. The van der Waals surface area contributed by atoms with Crippen molar-refractivity contribution in [2.45, 2.75) is 32.2 Å². The molecule has 0 radical (unpaired) electrons. The van der Waals surface area contributed by atoms with Crippen LogP contribution in [0.5, 0.6) is 0 Å². The molecule has 3 rings (SSSR count). The van der Waals surface area contributed by atoms with Crippen molar-refractivity contribution in [3.05, 3.63) is 42.3 Å². The number of nitrogens with zero attached hydrogens (tertiary/aromatic N) is 2. The van der Waals surface area contributed by atoms with Crippen LogP contribution in [0.1, 0.15) is 25.5 Å². The number of amides is 1. The van der Waals surface area contributed by atoms with Gasteiger partial charge in [-0.15, -0.1) is 0 Å². The number of aromatic nitrogens is 1. The molecule has 1 fully saturated rings. The Hall–Kier alpha value is -2.14. The van der Waals surface area contributed by atoms with E-state index in [9.17, 15) is 4.79 Å². The van der Waals surface area contributed by atoms with E-state index < -0.39 is 0 Å². The maximum atomic E-state index is 12.4. The van der Waals surface area contributed by atoms with Crippen molar-refractivity contribution in [2.24, 2.45) is 11.7 Å². The van der Waals surface area contributed by atoms with Gasteiger partial charge in [-0.2, -0.15) is 0 Å². The molecule has 122 valence electrons. The van der Waals surface area contributed by atoms with Crippen LogP contribution in [-0.4, -0.2) is 34.9 Å². The van der Waals surface area contributed by atoms with Crippen LogP contribution >= 0.6 is 0 Å². The average Bonchev–Trinajstić information content (AvgIpc) is 3.04. The van der Waals surface area contributed by atoms with E-state index in [-0.39, 0.29) is 11.9 Å². The molecule has 2 aromatic rings. The first kappa shape index (κ1) is 15.7. The Labute approximate surface area is 136 Å². The zero-order chi connectivity index (χ0) is 16.2. The van der Waals surface area contributed by atoms with Crippen LogP contribution < -0.4 is 5.73 Å². The van der Waals surface area contributed by atoms with Gasteiger partial charge in [0.1, 0.15) is 6.26 Å². The predicted molar refractivity (Wildman–Crippen MR) is 88.6 cm³/mol. The van der Waals surface area contributed by atoms with Crippen LogP contribution in [0.25, 0.3) is 11.5 Å². The largest absolute Gasteiger partial charge is 0.444 e. The van der Waals surface area contributed by atoms with Crippen molar-refractivity contribution in [1.29, 1.82) is 0 Å². The second-order valence-corrected chi connectivity index (χ2v) is 6.26. The van der Waals surface area contributed by atoms with Gasteiger partial charge in [0.25, 0.3) is 0 Å². The van der Waals surface area contributed by atoms with Gasteiger partial charge < -0.3 is 15.1 Å². The summed E-state index contributed by atoms with van der Waals surface area (Å²) in [5, 5.41) is 0. The molecule has 1 amide bonds. The summed E-state index contributed by atoms with van der Waals surface area (Å²) in [7, 11) is 0. The molecule has 1 aromatic carbocycles. The zero-order valence-electron chi connectivity index (χ0n) is 13.4. The van der Waals surface area contributed by atoms with Gasteiger partial charge >= 0.3 is 0 Å². The van der Waals surface area contributed by atoms with Crippen molar-refractivity contribution in [3.63, 3.8) is 0 Å². The summed E-state index contributed by atoms with van der Waals surface area (Å²) in [6, 6.07) is 9.91. The van der Waals surface area contributed by atoms with Gasteiger partial charge in [-0.25, -0.2) is 4.98 Å². The first-order chi connectivity index (χ1) is 11.1. The molecule has 2 heterocycles. The standard InChI is InChI=1S/C18H23N3O2/c1-13(19)14-7-9-21(10-8-14)17(22)11-16-12-23-18(20-16)15-5-3-2-4-6-15/h2-6,12-14H,7-11,19H2,1H3/t13-/m1/s1. The number of hydrogen-bond acceptors (Lipinski definition) is 4. The summed E-state index contributed by atoms with van der Waals surface area (Å²) in [5.74, 6) is 1.20. The van der Waals surface area contributed by atoms with E-state index in [4.69, 9.17) is 10.2 Å². The lowest BCUT2D eigenvalue weighted by atomic mass is 9.91. The van der Waals surface area contributed by atoms with E-state index in [0.29, 0.717) is 23.9 Å². The van der Waals surface area contributed by atoms with E-state index in [0.717, 1.165) is 31.5 Å². The van der Waals surface area contributed by atoms with Gasteiger partial charge in [0.2, 0.25) is 11.8 Å². The SMILES string of the molecule is C[C@@H](N)C1CCN(C(=O)Cc2coc(-c3ccccc3)n2)CC1. The van der Waals surface area contributed by atoms with Crippen LogP contribution in [0.2, 0.25) is 0 Å². The molecule has 1 aliphatic heterocycles. The summed E-state index contributed by atoms with van der Waals surface area (Å²) >= 11 is 0. The normalized spacial score (nSPS) is 17.2. The molecule has 23 heavy (non-hydrogen) atoms. The smallest absolute Gasteiger partial charge is 0.228 e. The Balaban J connectivity index is 1.58. The van der Waals surface area contributed by atoms with Gasteiger partial charge in [0.15, 0.2) is 0 Å². The van der Waals surface area contributed by atoms with Gasteiger partial charge in [-0.3, -0.25) is 4.79 Å². The summed E-state index contributed by atoms with van der Waals surface area (Å²) in [5.41, 5.74) is 7.55. The monoisotopic (exact) mass is 313 g/mol. The Morgan fingerprint density at radius 3 is 2.70 bits per heavy atom. The Bertz CT molecular complexity index is 643. The lowest BCUT2D eigenvalue weighted by Crippen LogP contribution is -2.43. The zero-order valence-corrected chi connectivity index (χ0v) is 13.4. The molecule has 0 aliphatic carbocycles. The quantitative estimate of drug-likeness (QED) is 0.941. The second kappa shape index (κ2) is 6.96. The van der Waals surface area contributed by atoms with Crippen LogP contribution in [0, 0.1) is 5.92 Å². The Morgan fingerprint density at radius 1 is 1.35 bits per heavy atom. The molecular weight excluding hydrogens is 290 g/mol. The minimum atomic E-state index is 0.112. The molecule has 2 N–H and O–H groups in total. The highest BCUT2D eigenvalue weighted by molar-refractivity contribution is 5.78. The molecule has 5 heteroatoms. The Morgan fingerprint density at radius 2 is 2.04 bits per heavy atom. The number of hydrogen-bond donors (Lipinski definition) is 1. The average molecular weight is 313 g/mol. The fourth-order valence-electron chi connectivity index (χ4n) is 3.04. The third kappa shape index (κ3) is 3.79. The van der Waals surface area contributed by atoms with Crippen LogP contribution in [0.3, 0.4) is 0 Å². The number of nitrogens with two attached hydrogens (primary N) is 1. The second-order valence-electron chi connectivity index (χ2n) is 6.26. The fraction of sp³-hybridized carbons (Fsp3) is 0.444. The molecule has 5 nitrogen and oxygen atoms in total. The van der Waals surface area contributed by atoms with E-state index in [1.54, 1.807) is 6.26 Å². The van der Waals surface area contributed by atoms with Crippen LogP contribution in [0.4, 0.5) is 0 Å². The molecule has 0 saturated carbocycles. The number of piperidine rings is 1. The predicted octanol–water partition coefficient (Wildman–Crippen LogP) is 2.47. The maximum absolute atomic E-state index is 12.4. The lowest BCUT2D eigenvalue weighted by Gasteiger charge is -2.33. The number of benzene rings is 1. The highest BCUT2D eigenvalue weighted by Crippen LogP contribution is 2.21. The minimum Gasteiger partial charge on any atom is -0.444 e. The highest BCUT2D eigenvalue weighted by atomic mass is 16.3. The Kier molecular flexibility index (Phi) is 4.76. The minimum absolute atomic E-state index is 0.112. The summed E-state index contributed by atoms with van der Waals surface area (Å²) in [4.78, 5) is 18.7. The first-order valence-electron chi connectivity index (χ1n) is 8.16. The van der Waals surface area contributed by atoms with Crippen LogP contribution in [-0.2, 0) is 11.2 Å². The number of carbonyl (C=O) groups excluding carboxylic acids is 1. The molecule has 1 aromatic heterocycles. The lowest BCUT2D eigenvalue weighted by molar-refractivity contribution is -0.132. The maximum Gasteiger partial charge on any atom is 0.228 e. The van der Waals surface area contributed by atoms with Crippen LogP contribution in [0.15, 0.2) is 41.0 Å². The highest BCUT2D eigenvalue weighted by Gasteiger charge is 2.25. The summed E-state index contributed by atoms with van der Waals surface area (Å²) < 4.78 is 5.49. The van der Waals surface area contributed by atoms with Gasteiger partial charge in [0.05, 0.1) is 12.1 Å². The number of oxazole rings is 1.